The summed E-state index contributed by atoms with van der Waals surface area (Å²) in [7, 11) is 0. The Kier molecular flexibility index (Phi) is 5.48. The predicted molar refractivity (Wildman–Crippen MR) is 115 cm³/mol. The molecule has 2 amide bonds. The topological polar surface area (TPSA) is 129 Å². The summed E-state index contributed by atoms with van der Waals surface area (Å²) in [5, 5.41) is 16.5. The van der Waals surface area contributed by atoms with E-state index in [2.05, 4.69) is 15.4 Å². The van der Waals surface area contributed by atoms with E-state index in [4.69, 9.17) is 11.0 Å². The van der Waals surface area contributed by atoms with Crippen LogP contribution in [0.15, 0.2) is 30.7 Å². The van der Waals surface area contributed by atoms with Crippen LogP contribution in [0.25, 0.3) is 16.6 Å². The summed E-state index contributed by atoms with van der Waals surface area (Å²) < 4.78 is 15.2. The summed E-state index contributed by atoms with van der Waals surface area (Å²) in [5.74, 6) is -1.29. The van der Waals surface area contributed by atoms with E-state index in [1.807, 2.05) is 19.1 Å². The van der Waals surface area contributed by atoms with Crippen LogP contribution in [0.3, 0.4) is 0 Å². The molecular weight excluding hydrogens is 413 g/mol. The number of anilines is 1. The normalized spacial score (nSPS) is 18.0. The number of primary amides is 1. The van der Waals surface area contributed by atoms with Crippen molar-refractivity contribution in [1.82, 2.24) is 19.5 Å². The van der Waals surface area contributed by atoms with Gasteiger partial charge in [0.2, 0.25) is 11.9 Å². The molecule has 0 spiro atoms. The van der Waals surface area contributed by atoms with Crippen LogP contribution >= 0.6 is 0 Å². The van der Waals surface area contributed by atoms with Crippen molar-refractivity contribution in [1.29, 1.82) is 5.26 Å². The van der Waals surface area contributed by atoms with Gasteiger partial charge in [-0.05, 0) is 25.0 Å². The number of rotatable bonds is 5. The van der Waals surface area contributed by atoms with Crippen molar-refractivity contribution in [2.75, 3.05) is 18.4 Å². The highest BCUT2D eigenvalue weighted by atomic mass is 19.1. The van der Waals surface area contributed by atoms with Gasteiger partial charge in [-0.3, -0.25) is 9.59 Å². The van der Waals surface area contributed by atoms with Crippen LogP contribution in [0.4, 0.5) is 10.1 Å². The van der Waals surface area contributed by atoms with Gasteiger partial charge in [-0.2, -0.15) is 14.8 Å². The maximum Gasteiger partial charge on any atom is 0.252 e. The fraction of sp³-hybridized carbons (Fsp3) is 0.318. The van der Waals surface area contributed by atoms with E-state index in [0.29, 0.717) is 35.4 Å². The lowest BCUT2D eigenvalue weighted by Gasteiger charge is -2.20. The molecule has 2 atom stereocenters. The molecule has 3 aromatic heterocycles. The third kappa shape index (κ3) is 3.85. The molecule has 4 heterocycles. The Bertz CT molecular complexity index is 1260. The van der Waals surface area contributed by atoms with Crippen molar-refractivity contribution >= 4 is 23.0 Å². The number of aromatic nitrogens is 3. The Morgan fingerprint density at radius 1 is 1.31 bits per heavy atom. The Morgan fingerprint density at radius 3 is 2.78 bits per heavy atom. The zero-order valence-electron chi connectivity index (χ0n) is 17.7. The molecule has 0 saturated carbocycles. The van der Waals surface area contributed by atoms with Crippen molar-refractivity contribution in [2.45, 2.75) is 26.3 Å². The minimum absolute atomic E-state index is 0.0879. The highest BCUT2D eigenvalue weighted by molar-refractivity contribution is 6.02. The van der Waals surface area contributed by atoms with Gasteiger partial charge in [-0.15, -0.1) is 0 Å². The lowest BCUT2D eigenvalue weighted by molar-refractivity contribution is -0.129. The molecule has 0 aromatic carbocycles. The number of nitriles is 1. The molecule has 0 unspecified atom stereocenters. The molecule has 32 heavy (non-hydrogen) atoms. The second-order valence-electron chi connectivity index (χ2n) is 8.05. The number of pyridine rings is 1. The minimum Gasteiger partial charge on any atom is -0.378 e. The van der Waals surface area contributed by atoms with Gasteiger partial charge in [0.25, 0.3) is 5.91 Å². The summed E-state index contributed by atoms with van der Waals surface area (Å²) in [6.07, 6.45) is 4.43. The van der Waals surface area contributed by atoms with E-state index in [-0.39, 0.29) is 29.9 Å². The number of nitrogens with two attached hydrogens (primary N) is 1. The van der Waals surface area contributed by atoms with Crippen LogP contribution in [0.5, 0.6) is 0 Å². The molecule has 0 aliphatic carbocycles. The van der Waals surface area contributed by atoms with Crippen molar-refractivity contribution < 1.29 is 14.0 Å². The molecule has 1 aliphatic heterocycles. The zero-order valence-corrected chi connectivity index (χ0v) is 17.7. The molecule has 10 heteroatoms. The third-order valence-electron chi connectivity index (χ3n) is 5.78. The summed E-state index contributed by atoms with van der Waals surface area (Å²) in [6.45, 7) is 4.55. The maximum absolute atomic E-state index is 13.6. The monoisotopic (exact) mass is 435 g/mol. The van der Waals surface area contributed by atoms with E-state index < -0.39 is 11.9 Å². The molecule has 0 radical (unpaired) electrons. The largest absolute Gasteiger partial charge is 0.378 e. The predicted octanol–water partition coefficient (Wildman–Crippen LogP) is 2.12. The number of aryl methyl sites for hydroxylation is 1. The molecule has 3 N–H and O–H groups in total. The number of hydrogen-bond acceptors (Lipinski definition) is 6. The molecular formula is C22H22FN7O2. The lowest BCUT2D eigenvalue weighted by Crippen LogP contribution is -2.32. The number of hydrogen-bond donors (Lipinski definition) is 2. The fourth-order valence-corrected chi connectivity index (χ4v) is 3.99. The Balaban J connectivity index is 1.72. The number of fused-ring (bicyclic) bond motifs is 1. The quantitative estimate of drug-likeness (QED) is 0.591. The fourth-order valence-electron chi connectivity index (χ4n) is 3.99. The highest BCUT2D eigenvalue weighted by Crippen LogP contribution is 2.31. The van der Waals surface area contributed by atoms with Crippen LogP contribution in [0.2, 0.25) is 0 Å². The molecule has 0 bridgehead atoms. The molecule has 3 aromatic rings. The number of nitrogens with zero attached hydrogens (tertiary/aromatic N) is 5. The van der Waals surface area contributed by atoms with Gasteiger partial charge in [0, 0.05) is 48.2 Å². The summed E-state index contributed by atoms with van der Waals surface area (Å²) >= 11 is 0. The van der Waals surface area contributed by atoms with E-state index in [1.165, 1.54) is 12.4 Å². The van der Waals surface area contributed by atoms with Crippen LogP contribution in [0.1, 0.15) is 29.3 Å². The second kappa shape index (κ2) is 8.26. The van der Waals surface area contributed by atoms with Gasteiger partial charge >= 0.3 is 0 Å². The standard InChI is InChI=1S/C22H22FN7O2/c1-12-5-14(7-26-21(12)23)15-6-18-20(16(22(25)32)8-27-30(18)10-15)28-17-11-29(9-13(17)2)19(31)3-4-24/h5-8,10,13,17,28H,3,9,11H2,1-2H3,(H2,25,32)/t13-,17+/m0/s1. The van der Waals surface area contributed by atoms with Gasteiger partial charge in [-0.25, -0.2) is 9.50 Å². The number of nitrogens with one attached hydrogen (secondary N) is 1. The maximum atomic E-state index is 13.6. The summed E-state index contributed by atoms with van der Waals surface area (Å²) in [6, 6.07) is 5.26. The summed E-state index contributed by atoms with van der Waals surface area (Å²) in [5.41, 5.74) is 8.84. The number of carbonyl (C=O) groups excluding carboxylic acids is 2. The molecule has 1 aliphatic rings. The first-order valence-electron chi connectivity index (χ1n) is 10.1. The van der Waals surface area contributed by atoms with E-state index in [0.717, 1.165) is 5.56 Å². The zero-order chi connectivity index (χ0) is 23.0. The lowest BCUT2D eigenvalue weighted by atomic mass is 10.0. The van der Waals surface area contributed by atoms with Gasteiger partial charge < -0.3 is 16.0 Å². The van der Waals surface area contributed by atoms with Crippen molar-refractivity contribution in [3.8, 4) is 17.2 Å². The second-order valence-corrected chi connectivity index (χ2v) is 8.05. The van der Waals surface area contributed by atoms with Gasteiger partial charge in [0.15, 0.2) is 0 Å². The molecule has 4 rings (SSSR count). The van der Waals surface area contributed by atoms with Crippen LogP contribution in [0, 0.1) is 30.1 Å². The molecule has 1 saturated heterocycles. The third-order valence-corrected chi connectivity index (χ3v) is 5.78. The van der Waals surface area contributed by atoms with E-state index in [1.54, 1.807) is 28.6 Å². The molecule has 9 nitrogen and oxygen atoms in total. The minimum atomic E-state index is -0.632. The Hall–Kier alpha value is -4.00. The van der Waals surface area contributed by atoms with Crippen molar-refractivity contribution in [3.63, 3.8) is 0 Å². The highest BCUT2D eigenvalue weighted by Gasteiger charge is 2.33. The SMILES string of the molecule is Cc1cc(-c2cc3c(N[C@@H]4CN(C(=O)CC#N)C[C@@H]4C)c(C(N)=O)cnn3c2)cnc1F. The number of amides is 2. The van der Waals surface area contributed by atoms with E-state index >= 15 is 0 Å². The number of carbonyl (C=O) groups is 2. The number of likely N-dealkylation sites (tertiary alicyclic amines) is 1. The first-order valence-corrected chi connectivity index (χ1v) is 10.1. The van der Waals surface area contributed by atoms with Crippen LogP contribution in [-0.4, -0.2) is 50.4 Å². The van der Waals surface area contributed by atoms with Gasteiger partial charge in [0.05, 0.1) is 29.0 Å². The van der Waals surface area contributed by atoms with Gasteiger partial charge in [0.1, 0.15) is 6.42 Å². The number of halogens is 1. The first kappa shape index (κ1) is 21.2. The van der Waals surface area contributed by atoms with Crippen LogP contribution < -0.4 is 11.1 Å². The Labute approximate surface area is 183 Å². The van der Waals surface area contributed by atoms with Crippen molar-refractivity contribution in [3.05, 3.63) is 47.8 Å². The Morgan fingerprint density at radius 2 is 2.09 bits per heavy atom. The average molecular weight is 435 g/mol. The van der Waals surface area contributed by atoms with Gasteiger partial charge in [-0.1, -0.05) is 6.92 Å². The molecule has 1 fully saturated rings. The smallest absolute Gasteiger partial charge is 0.252 e. The summed E-state index contributed by atoms with van der Waals surface area (Å²) in [4.78, 5) is 29.7. The molecule has 164 valence electrons. The van der Waals surface area contributed by atoms with Crippen LogP contribution in [-0.2, 0) is 4.79 Å². The first-order chi connectivity index (χ1) is 15.3. The van der Waals surface area contributed by atoms with Crippen molar-refractivity contribution in [2.24, 2.45) is 11.7 Å². The average Bonchev–Trinajstić information content (AvgIpc) is 3.34. The van der Waals surface area contributed by atoms with E-state index in [9.17, 15) is 14.0 Å².